The number of nitrogens with one attached hydrogen (secondary N) is 1. The van der Waals surface area contributed by atoms with Gasteiger partial charge in [0.25, 0.3) is 0 Å². The van der Waals surface area contributed by atoms with Crippen molar-refractivity contribution in [2.45, 2.75) is 32.7 Å². The molecular formula is C14H18BrN3O2. The molecule has 0 unspecified atom stereocenters. The Morgan fingerprint density at radius 3 is 2.70 bits per heavy atom. The molecule has 5 nitrogen and oxygen atoms in total. The largest absolute Gasteiger partial charge is 0.330 e. The average Bonchev–Trinajstić information content (AvgIpc) is 2.78. The number of carbonyl (C=O) groups excluding carboxylic acids is 2. The van der Waals surface area contributed by atoms with Crippen molar-refractivity contribution in [3.63, 3.8) is 0 Å². The molecule has 108 valence electrons. The molecule has 1 aromatic heterocycles. The molecule has 2 amide bonds. The van der Waals surface area contributed by atoms with Crippen LogP contribution in [0.15, 0.2) is 22.8 Å². The first-order chi connectivity index (χ1) is 9.49. The maximum Gasteiger partial charge on any atom is 0.248 e. The molecule has 1 fully saturated rings. The zero-order valence-electron chi connectivity index (χ0n) is 11.6. The predicted octanol–water partition coefficient (Wildman–Crippen LogP) is 2.43. The van der Waals surface area contributed by atoms with Crippen LogP contribution in [-0.2, 0) is 9.59 Å². The van der Waals surface area contributed by atoms with Crippen molar-refractivity contribution < 1.29 is 9.59 Å². The highest BCUT2D eigenvalue weighted by Gasteiger charge is 2.34. The van der Waals surface area contributed by atoms with E-state index in [2.05, 4.69) is 26.2 Å². The van der Waals surface area contributed by atoms with Crippen LogP contribution < -0.4 is 5.32 Å². The monoisotopic (exact) mass is 339 g/mol. The molecule has 1 aliphatic heterocycles. The van der Waals surface area contributed by atoms with E-state index in [0.29, 0.717) is 18.8 Å². The van der Waals surface area contributed by atoms with Crippen LogP contribution >= 0.6 is 15.9 Å². The highest BCUT2D eigenvalue weighted by Crippen LogP contribution is 2.20. The summed E-state index contributed by atoms with van der Waals surface area (Å²) in [6, 6.07) is 3.11. The molecule has 1 aromatic rings. The Kier molecular flexibility index (Phi) is 4.75. The van der Waals surface area contributed by atoms with Gasteiger partial charge in [-0.2, -0.15) is 0 Å². The Balaban J connectivity index is 2.11. The number of likely N-dealkylation sites (tertiary alicyclic amines) is 1. The summed E-state index contributed by atoms with van der Waals surface area (Å²) in [4.78, 5) is 30.1. The highest BCUT2D eigenvalue weighted by atomic mass is 79.9. The van der Waals surface area contributed by atoms with Gasteiger partial charge in [0.2, 0.25) is 11.8 Å². The van der Waals surface area contributed by atoms with E-state index in [4.69, 9.17) is 0 Å². The number of hydrogen-bond donors (Lipinski definition) is 1. The molecule has 0 bridgehead atoms. The molecule has 0 radical (unpaired) electrons. The van der Waals surface area contributed by atoms with Crippen LogP contribution in [0, 0.1) is 5.92 Å². The highest BCUT2D eigenvalue weighted by molar-refractivity contribution is 9.10. The first-order valence-corrected chi connectivity index (χ1v) is 7.50. The average molecular weight is 340 g/mol. The molecule has 1 N–H and O–H groups in total. The number of aromatic nitrogens is 1. The summed E-state index contributed by atoms with van der Waals surface area (Å²) in [7, 11) is 0. The lowest BCUT2D eigenvalue weighted by atomic mass is 10.0. The van der Waals surface area contributed by atoms with Gasteiger partial charge >= 0.3 is 0 Å². The molecule has 1 aliphatic rings. The predicted molar refractivity (Wildman–Crippen MR) is 80.1 cm³/mol. The number of carbonyl (C=O) groups is 2. The molecule has 0 spiro atoms. The number of anilines is 1. The third kappa shape index (κ3) is 3.36. The van der Waals surface area contributed by atoms with E-state index in [1.165, 1.54) is 0 Å². The van der Waals surface area contributed by atoms with Gasteiger partial charge in [0.1, 0.15) is 11.9 Å². The minimum atomic E-state index is -0.435. The van der Waals surface area contributed by atoms with Gasteiger partial charge in [0, 0.05) is 23.6 Å². The van der Waals surface area contributed by atoms with Crippen LogP contribution in [0.1, 0.15) is 26.7 Å². The van der Waals surface area contributed by atoms with Gasteiger partial charge in [-0.05, 0) is 40.4 Å². The van der Waals surface area contributed by atoms with Crippen molar-refractivity contribution in [1.29, 1.82) is 0 Å². The third-order valence-corrected chi connectivity index (χ3v) is 3.79. The van der Waals surface area contributed by atoms with Crippen molar-refractivity contribution in [3.05, 3.63) is 22.8 Å². The van der Waals surface area contributed by atoms with Gasteiger partial charge in [-0.3, -0.25) is 9.59 Å². The van der Waals surface area contributed by atoms with Gasteiger partial charge < -0.3 is 10.2 Å². The number of halogens is 1. The van der Waals surface area contributed by atoms with Gasteiger partial charge in [-0.15, -0.1) is 0 Å². The van der Waals surface area contributed by atoms with E-state index in [1.54, 1.807) is 17.2 Å². The normalized spacial score (nSPS) is 16.6. The molecule has 0 aliphatic carbocycles. The fraction of sp³-hybridized carbons (Fsp3) is 0.500. The van der Waals surface area contributed by atoms with Crippen LogP contribution in [0.5, 0.6) is 0 Å². The van der Waals surface area contributed by atoms with Crippen LogP contribution in [0.25, 0.3) is 0 Å². The molecule has 2 rings (SSSR count). The molecule has 2 heterocycles. The summed E-state index contributed by atoms with van der Waals surface area (Å²) in [5.41, 5.74) is 0. The third-order valence-electron chi connectivity index (χ3n) is 3.32. The number of hydrogen-bond acceptors (Lipinski definition) is 3. The number of rotatable bonds is 4. The van der Waals surface area contributed by atoms with Crippen molar-refractivity contribution in [2.24, 2.45) is 5.92 Å². The molecule has 0 aromatic carbocycles. The quantitative estimate of drug-likeness (QED) is 0.916. The SMILES string of the molecule is CC(C)[C@@H](C(=O)Nc1ccc(Br)cn1)N1CCCC1=O. The number of pyridine rings is 1. The summed E-state index contributed by atoms with van der Waals surface area (Å²) in [5.74, 6) is 0.440. The second kappa shape index (κ2) is 6.35. The molecule has 1 atom stereocenters. The van der Waals surface area contributed by atoms with E-state index in [0.717, 1.165) is 10.9 Å². The summed E-state index contributed by atoms with van der Waals surface area (Å²) in [6.07, 6.45) is 2.99. The van der Waals surface area contributed by atoms with E-state index in [1.807, 2.05) is 19.9 Å². The Labute approximate surface area is 126 Å². The Morgan fingerprint density at radius 2 is 2.20 bits per heavy atom. The number of nitrogens with zero attached hydrogens (tertiary/aromatic N) is 2. The van der Waals surface area contributed by atoms with Gasteiger partial charge in [-0.25, -0.2) is 4.98 Å². The van der Waals surface area contributed by atoms with Gasteiger partial charge in [-0.1, -0.05) is 13.8 Å². The fourth-order valence-corrected chi connectivity index (χ4v) is 2.65. The zero-order valence-corrected chi connectivity index (χ0v) is 13.2. The fourth-order valence-electron chi connectivity index (χ4n) is 2.42. The maximum atomic E-state index is 12.4. The first kappa shape index (κ1) is 15.0. The van der Waals surface area contributed by atoms with Crippen molar-refractivity contribution in [2.75, 3.05) is 11.9 Å². The second-order valence-corrected chi connectivity index (χ2v) is 6.15. The first-order valence-electron chi connectivity index (χ1n) is 6.71. The van der Waals surface area contributed by atoms with Crippen LogP contribution in [-0.4, -0.2) is 34.3 Å². The van der Waals surface area contributed by atoms with Crippen LogP contribution in [0.4, 0.5) is 5.82 Å². The summed E-state index contributed by atoms with van der Waals surface area (Å²) in [5, 5.41) is 2.78. The summed E-state index contributed by atoms with van der Waals surface area (Å²) >= 11 is 3.30. The van der Waals surface area contributed by atoms with E-state index in [9.17, 15) is 9.59 Å². The lowest BCUT2D eigenvalue weighted by molar-refractivity contribution is -0.136. The molecule has 1 saturated heterocycles. The Morgan fingerprint density at radius 1 is 1.45 bits per heavy atom. The van der Waals surface area contributed by atoms with Crippen LogP contribution in [0.2, 0.25) is 0 Å². The smallest absolute Gasteiger partial charge is 0.248 e. The lowest BCUT2D eigenvalue weighted by Gasteiger charge is -2.29. The zero-order chi connectivity index (χ0) is 14.7. The van der Waals surface area contributed by atoms with Gasteiger partial charge in [0.05, 0.1) is 0 Å². The Bertz CT molecular complexity index is 502. The summed E-state index contributed by atoms with van der Waals surface area (Å²) < 4.78 is 0.852. The van der Waals surface area contributed by atoms with Crippen molar-refractivity contribution >= 4 is 33.6 Å². The van der Waals surface area contributed by atoms with Gasteiger partial charge in [0.15, 0.2) is 0 Å². The molecule has 20 heavy (non-hydrogen) atoms. The topological polar surface area (TPSA) is 62.3 Å². The maximum absolute atomic E-state index is 12.4. The van der Waals surface area contributed by atoms with Crippen molar-refractivity contribution in [1.82, 2.24) is 9.88 Å². The van der Waals surface area contributed by atoms with Crippen LogP contribution in [0.3, 0.4) is 0 Å². The Hall–Kier alpha value is -1.43. The minimum absolute atomic E-state index is 0.0580. The molecule has 6 heteroatoms. The minimum Gasteiger partial charge on any atom is -0.330 e. The lowest BCUT2D eigenvalue weighted by Crippen LogP contribution is -2.48. The van der Waals surface area contributed by atoms with E-state index in [-0.39, 0.29) is 17.7 Å². The molecular weight excluding hydrogens is 322 g/mol. The van der Waals surface area contributed by atoms with E-state index < -0.39 is 6.04 Å². The standard InChI is InChI=1S/C14H18BrN3O2/c1-9(2)13(18-7-3-4-12(18)19)14(20)17-11-6-5-10(15)8-16-11/h5-6,8-9,13H,3-4,7H2,1-2H3,(H,16,17,20)/t13-/m0/s1. The number of amides is 2. The second-order valence-electron chi connectivity index (χ2n) is 5.23. The summed E-state index contributed by atoms with van der Waals surface area (Å²) in [6.45, 7) is 4.55. The molecule has 0 saturated carbocycles. The van der Waals surface area contributed by atoms with E-state index >= 15 is 0 Å². The van der Waals surface area contributed by atoms with Crippen molar-refractivity contribution in [3.8, 4) is 0 Å².